The smallest absolute Gasteiger partial charge is 0.262 e. The molecule has 3 rings (SSSR count). The molecule has 2 amide bonds. The Morgan fingerprint density at radius 3 is 2.47 bits per heavy atom. The average molecular weight is 496 g/mol. The van der Waals surface area contributed by atoms with Crippen LogP contribution in [0.5, 0.6) is 11.5 Å². The quantitative estimate of drug-likeness (QED) is 0.491. The highest BCUT2D eigenvalue weighted by Crippen LogP contribution is 2.37. The van der Waals surface area contributed by atoms with Crippen LogP contribution in [-0.2, 0) is 14.3 Å². The molecule has 1 atom stereocenters. The summed E-state index contributed by atoms with van der Waals surface area (Å²) in [5, 5.41) is 6.25. The molecule has 8 heteroatoms. The molecular weight excluding hydrogens is 458 g/mol. The van der Waals surface area contributed by atoms with Gasteiger partial charge in [-0.25, -0.2) is 5.01 Å². The highest BCUT2D eigenvalue weighted by atomic mass is 16.5. The zero-order chi connectivity index (χ0) is 26.3. The first kappa shape index (κ1) is 27.2. The molecule has 0 fully saturated rings. The molecule has 1 heterocycles. The SMILES string of the molecule is COCCN(CC(=O)N1N=C(c2cccc(OC)c2)C[C@@H]1c1ccccc1OC)C(=O)CC(C)(C)C. The summed E-state index contributed by atoms with van der Waals surface area (Å²) in [6.45, 7) is 6.60. The molecule has 0 radical (unpaired) electrons. The summed E-state index contributed by atoms with van der Waals surface area (Å²) in [6, 6.07) is 14.9. The van der Waals surface area contributed by atoms with Gasteiger partial charge in [0.2, 0.25) is 5.91 Å². The molecule has 0 unspecified atom stereocenters. The first-order valence-electron chi connectivity index (χ1n) is 12.1. The molecule has 2 aromatic carbocycles. The second-order valence-corrected chi connectivity index (χ2v) is 10.0. The van der Waals surface area contributed by atoms with Crippen LogP contribution in [0.25, 0.3) is 0 Å². The number of hydrogen-bond acceptors (Lipinski definition) is 6. The minimum atomic E-state index is -0.364. The number of carbonyl (C=O) groups excluding carboxylic acids is 2. The van der Waals surface area contributed by atoms with Crippen molar-refractivity contribution in [1.82, 2.24) is 9.91 Å². The van der Waals surface area contributed by atoms with Gasteiger partial charge in [-0.2, -0.15) is 5.10 Å². The standard InChI is InChI=1S/C28H37N3O5/c1-28(2,3)18-26(32)30(14-15-34-4)19-27(33)31-24(22-12-7-8-13-25(22)36-6)17-23(29-31)20-10-9-11-21(16-20)35-5/h7-13,16,24H,14-15,17-19H2,1-6H3/t24-/m1/s1. The fourth-order valence-electron chi connectivity index (χ4n) is 4.20. The normalized spacial score (nSPS) is 15.4. The van der Waals surface area contributed by atoms with Crippen LogP contribution in [0.4, 0.5) is 0 Å². The van der Waals surface area contributed by atoms with Crippen molar-refractivity contribution in [3.05, 3.63) is 59.7 Å². The molecule has 2 aromatic rings. The lowest BCUT2D eigenvalue weighted by Gasteiger charge is -2.29. The molecule has 0 bridgehead atoms. The number of methoxy groups -OCH3 is 3. The van der Waals surface area contributed by atoms with E-state index >= 15 is 0 Å². The minimum absolute atomic E-state index is 0.0845. The number of ether oxygens (including phenoxy) is 3. The van der Waals surface area contributed by atoms with Gasteiger partial charge in [0.15, 0.2) is 0 Å². The number of amides is 2. The average Bonchev–Trinajstić information content (AvgIpc) is 3.31. The molecule has 0 N–H and O–H groups in total. The summed E-state index contributed by atoms with van der Waals surface area (Å²) in [6.07, 6.45) is 0.839. The number of hydrazone groups is 1. The van der Waals surface area contributed by atoms with E-state index in [4.69, 9.17) is 19.3 Å². The fourth-order valence-corrected chi connectivity index (χ4v) is 4.20. The van der Waals surface area contributed by atoms with E-state index in [0.29, 0.717) is 37.5 Å². The van der Waals surface area contributed by atoms with Gasteiger partial charge in [-0.3, -0.25) is 9.59 Å². The summed E-state index contributed by atoms with van der Waals surface area (Å²) in [5.74, 6) is 1.05. The van der Waals surface area contributed by atoms with Crippen LogP contribution in [0.3, 0.4) is 0 Å². The van der Waals surface area contributed by atoms with Gasteiger partial charge in [0.05, 0.1) is 32.6 Å². The predicted octanol–water partition coefficient (Wildman–Crippen LogP) is 4.29. The zero-order valence-corrected chi connectivity index (χ0v) is 22.1. The Balaban J connectivity index is 1.94. The lowest BCUT2D eigenvalue weighted by molar-refractivity contribution is -0.143. The van der Waals surface area contributed by atoms with Crippen molar-refractivity contribution < 1.29 is 23.8 Å². The highest BCUT2D eigenvalue weighted by Gasteiger charge is 2.36. The number of carbonyl (C=O) groups is 2. The van der Waals surface area contributed by atoms with Crippen molar-refractivity contribution >= 4 is 17.5 Å². The van der Waals surface area contributed by atoms with Crippen LogP contribution < -0.4 is 9.47 Å². The van der Waals surface area contributed by atoms with Gasteiger partial charge in [-0.05, 0) is 23.6 Å². The van der Waals surface area contributed by atoms with Crippen LogP contribution >= 0.6 is 0 Å². The second kappa shape index (κ2) is 12.0. The van der Waals surface area contributed by atoms with E-state index in [1.54, 1.807) is 26.2 Å². The van der Waals surface area contributed by atoms with E-state index in [1.165, 1.54) is 5.01 Å². The summed E-state index contributed by atoms with van der Waals surface area (Å²) in [4.78, 5) is 28.3. The molecule has 1 aliphatic rings. The lowest BCUT2D eigenvalue weighted by atomic mass is 9.91. The van der Waals surface area contributed by atoms with Crippen molar-refractivity contribution in [3.63, 3.8) is 0 Å². The molecule has 8 nitrogen and oxygen atoms in total. The van der Waals surface area contributed by atoms with E-state index in [1.807, 2.05) is 69.3 Å². The van der Waals surface area contributed by atoms with Gasteiger partial charge in [0, 0.05) is 37.6 Å². The number of hydrogen-bond donors (Lipinski definition) is 0. The third-order valence-electron chi connectivity index (χ3n) is 5.99. The van der Waals surface area contributed by atoms with Crippen LogP contribution in [0.2, 0.25) is 0 Å². The number of nitrogens with zero attached hydrogens (tertiary/aromatic N) is 3. The minimum Gasteiger partial charge on any atom is -0.497 e. The molecule has 0 saturated carbocycles. The Morgan fingerprint density at radius 1 is 1.06 bits per heavy atom. The maximum Gasteiger partial charge on any atom is 0.262 e. The fraction of sp³-hybridized carbons (Fsp3) is 0.464. The molecule has 1 aliphatic heterocycles. The van der Waals surface area contributed by atoms with Crippen molar-refractivity contribution in [2.75, 3.05) is 41.0 Å². The van der Waals surface area contributed by atoms with Gasteiger partial charge >= 0.3 is 0 Å². The summed E-state index contributed by atoms with van der Waals surface area (Å²) in [7, 11) is 4.81. The Kier molecular flexibility index (Phi) is 9.09. The molecule has 0 aliphatic carbocycles. The predicted molar refractivity (Wildman–Crippen MR) is 139 cm³/mol. The van der Waals surface area contributed by atoms with Crippen LogP contribution in [0.1, 0.15) is 50.8 Å². The Hall–Kier alpha value is -3.39. The maximum atomic E-state index is 13.7. The van der Waals surface area contributed by atoms with Gasteiger partial charge in [0.25, 0.3) is 5.91 Å². The maximum absolute atomic E-state index is 13.7. The third-order valence-corrected chi connectivity index (χ3v) is 5.99. The largest absolute Gasteiger partial charge is 0.497 e. The Bertz CT molecular complexity index is 1090. The van der Waals surface area contributed by atoms with E-state index in [-0.39, 0.29) is 29.8 Å². The molecule has 0 spiro atoms. The van der Waals surface area contributed by atoms with Gasteiger partial charge in [0.1, 0.15) is 18.0 Å². The number of para-hydroxylation sites is 1. The Morgan fingerprint density at radius 2 is 1.81 bits per heavy atom. The molecule has 0 saturated heterocycles. The first-order chi connectivity index (χ1) is 17.2. The number of rotatable bonds is 10. The third kappa shape index (κ3) is 6.85. The zero-order valence-electron chi connectivity index (χ0n) is 22.1. The molecule has 0 aromatic heterocycles. The second-order valence-electron chi connectivity index (χ2n) is 10.0. The van der Waals surface area contributed by atoms with Crippen LogP contribution in [0.15, 0.2) is 53.6 Å². The molecular formula is C28H37N3O5. The van der Waals surface area contributed by atoms with E-state index in [9.17, 15) is 9.59 Å². The van der Waals surface area contributed by atoms with Crippen molar-refractivity contribution in [3.8, 4) is 11.5 Å². The van der Waals surface area contributed by atoms with Crippen molar-refractivity contribution in [2.24, 2.45) is 10.5 Å². The monoisotopic (exact) mass is 495 g/mol. The van der Waals surface area contributed by atoms with E-state index < -0.39 is 0 Å². The highest BCUT2D eigenvalue weighted by molar-refractivity contribution is 6.03. The summed E-state index contributed by atoms with van der Waals surface area (Å²) < 4.78 is 16.2. The molecule has 36 heavy (non-hydrogen) atoms. The van der Waals surface area contributed by atoms with Gasteiger partial charge in [-0.15, -0.1) is 0 Å². The van der Waals surface area contributed by atoms with E-state index in [0.717, 1.165) is 16.8 Å². The topological polar surface area (TPSA) is 80.7 Å². The van der Waals surface area contributed by atoms with E-state index in [2.05, 4.69) is 0 Å². The van der Waals surface area contributed by atoms with Gasteiger partial charge < -0.3 is 19.1 Å². The summed E-state index contributed by atoms with van der Waals surface area (Å²) in [5.41, 5.74) is 2.31. The number of benzene rings is 2. The Labute approximate surface area is 213 Å². The first-order valence-corrected chi connectivity index (χ1v) is 12.1. The lowest BCUT2D eigenvalue weighted by Crippen LogP contribution is -2.43. The van der Waals surface area contributed by atoms with Crippen LogP contribution in [0, 0.1) is 5.41 Å². The van der Waals surface area contributed by atoms with Crippen LogP contribution in [-0.4, -0.2) is 68.5 Å². The van der Waals surface area contributed by atoms with Crippen molar-refractivity contribution in [1.29, 1.82) is 0 Å². The van der Waals surface area contributed by atoms with Crippen molar-refractivity contribution in [2.45, 2.75) is 39.7 Å². The van der Waals surface area contributed by atoms with Gasteiger partial charge in [-0.1, -0.05) is 51.1 Å². The summed E-state index contributed by atoms with van der Waals surface area (Å²) >= 11 is 0. The molecule has 194 valence electrons.